The van der Waals surface area contributed by atoms with Gasteiger partial charge in [-0.1, -0.05) is 0 Å². The first-order valence-electron chi connectivity index (χ1n) is 3.15. The average Bonchev–Trinajstić information content (AvgIpc) is 2.39. The lowest BCUT2D eigenvalue weighted by Crippen LogP contribution is -1.91. The molecule has 0 aliphatic rings. The monoisotopic (exact) mass is 168 g/mol. The molecule has 0 fully saturated rings. The summed E-state index contributed by atoms with van der Waals surface area (Å²) in [6.07, 6.45) is 0.434. The van der Waals surface area contributed by atoms with Crippen LogP contribution in [0.2, 0.25) is 0 Å². The number of hydrogen-bond acceptors (Lipinski definition) is 4. The van der Waals surface area contributed by atoms with E-state index in [2.05, 4.69) is 11.1 Å². The zero-order valence-corrected chi connectivity index (χ0v) is 7.02. The van der Waals surface area contributed by atoms with Gasteiger partial charge in [0.1, 0.15) is 0 Å². The number of ether oxygens (including phenoxy) is 1. The smallest absolute Gasteiger partial charge is 0.0895 e. The van der Waals surface area contributed by atoms with Crippen molar-refractivity contribution in [3.63, 3.8) is 0 Å². The summed E-state index contributed by atoms with van der Waals surface area (Å²) in [5.41, 5.74) is 2.63. The van der Waals surface area contributed by atoms with Gasteiger partial charge in [0.2, 0.25) is 0 Å². The average molecular weight is 168 g/mol. The fourth-order valence-electron chi connectivity index (χ4n) is 0.764. The fourth-order valence-corrected chi connectivity index (χ4v) is 1.47. The van der Waals surface area contributed by atoms with Crippen molar-refractivity contribution in [3.8, 4) is 6.07 Å². The van der Waals surface area contributed by atoms with Gasteiger partial charge in [-0.15, -0.1) is 11.3 Å². The summed E-state index contributed by atoms with van der Waals surface area (Å²) in [6.45, 7) is 0.501. The van der Waals surface area contributed by atoms with Gasteiger partial charge in [0, 0.05) is 12.0 Å². The molecule has 4 heteroatoms. The van der Waals surface area contributed by atoms with E-state index in [9.17, 15) is 0 Å². The summed E-state index contributed by atoms with van der Waals surface area (Å²) in [5.74, 6) is 0. The van der Waals surface area contributed by atoms with E-state index in [1.54, 1.807) is 12.6 Å². The Morgan fingerprint density at radius 3 is 3.27 bits per heavy atom. The van der Waals surface area contributed by atoms with E-state index in [1.807, 2.05) is 0 Å². The molecule has 0 aromatic carbocycles. The highest BCUT2D eigenvalue weighted by Crippen LogP contribution is 2.13. The summed E-state index contributed by atoms with van der Waals surface area (Å²) >= 11 is 1.50. The highest BCUT2D eigenvalue weighted by Gasteiger charge is 2.03. The molecule has 1 aromatic rings. The summed E-state index contributed by atoms with van der Waals surface area (Å²) in [7, 11) is 1.62. The van der Waals surface area contributed by atoms with Crippen molar-refractivity contribution in [3.05, 3.63) is 16.1 Å². The standard InChI is InChI=1S/C7H8N2OS/c1-10-4-6-7(2-3-8)11-5-9-6/h5H,2,4H2,1H3. The van der Waals surface area contributed by atoms with Crippen molar-refractivity contribution in [1.82, 2.24) is 4.98 Å². The Kier molecular flexibility index (Phi) is 3.02. The van der Waals surface area contributed by atoms with E-state index in [0.717, 1.165) is 10.6 Å². The minimum atomic E-state index is 0.434. The maximum Gasteiger partial charge on any atom is 0.0895 e. The predicted molar refractivity (Wildman–Crippen MR) is 42.1 cm³/mol. The molecule has 1 heterocycles. The number of rotatable bonds is 3. The third-order valence-corrected chi connectivity index (χ3v) is 2.12. The van der Waals surface area contributed by atoms with Crippen LogP contribution in [-0.4, -0.2) is 12.1 Å². The number of nitrogens with zero attached hydrogens (tertiary/aromatic N) is 2. The van der Waals surface area contributed by atoms with Gasteiger partial charge in [-0.2, -0.15) is 5.26 Å². The molecule has 0 aliphatic carbocycles. The Hall–Kier alpha value is -0.920. The molecule has 0 radical (unpaired) electrons. The van der Waals surface area contributed by atoms with Crippen LogP contribution in [0.3, 0.4) is 0 Å². The molecule has 1 rings (SSSR count). The molecule has 0 saturated carbocycles. The second kappa shape index (κ2) is 4.06. The summed E-state index contributed by atoms with van der Waals surface area (Å²) < 4.78 is 4.91. The van der Waals surface area contributed by atoms with Crippen LogP contribution in [-0.2, 0) is 17.8 Å². The van der Waals surface area contributed by atoms with Crippen LogP contribution in [0.5, 0.6) is 0 Å². The largest absolute Gasteiger partial charge is 0.378 e. The molecule has 11 heavy (non-hydrogen) atoms. The van der Waals surface area contributed by atoms with E-state index in [-0.39, 0.29) is 0 Å². The molecule has 0 spiro atoms. The number of methoxy groups -OCH3 is 1. The summed E-state index contributed by atoms with van der Waals surface area (Å²) in [6, 6.07) is 2.08. The Morgan fingerprint density at radius 1 is 1.82 bits per heavy atom. The van der Waals surface area contributed by atoms with Gasteiger partial charge >= 0.3 is 0 Å². The number of aromatic nitrogens is 1. The Morgan fingerprint density at radius 2 is 2.64 bits per heavy atom. The molecule has 58 valence electrons. The van der Waals surface area contributed by atoms with Crippen LogP contribution in [0.4, 0.5) is 0 Å². The summed E-state index contributed by atoms with van der Waals surface area (Å²) in [4.78, 5) is 5.08. The van der Waals surface area contributed by atoms with Crippen LogP contribution >= 0.6 is 11.3 Å². The van der Waals surface area contributed by atoms with E-state index >= 15 is 0 Å². The van der Waals surface area contributed by atoms with Gasteiger partial charge in [0.05, 0.1) is 30.3 Å². The van der Waals surface area contributed by atoms with Gasteiger partial charge < -0.3 is 4.74 Å². The normalized spacial score (nSPS) is 9.45. The number of thiazole rings is 1. The molecule has 0 aliphatic heterocycles. The Bertz CT molecular complexity index is 264. The number of hydrogen-bond donors (Lipinski definition) is 0. The van der Waals surface area contributed by atoms with E-state index in [0.29, 0.717) is 13.0 Å². The lowest BCUT2D eigenvalue weighted by Gasteiger charge is -1.94. The highest BCUT2D eigenvalue weighted by atomic mass is 32.1. The quantitative estimate of drug-likeness (QED) is 0.684. The van der Waals surface area contributed by atoms with Crippen molar-refractivity contribution in [2.24, 2.45) is 0 Å². The number of nitriles is 1. The predicted octanol–water partition coefficient (Wildman–Crippen LogP) is 1.36. The minimum Gasteiger partial charge on any atom is -0.378 e. The van der Waals surface area contributed by atoms with Crippen LogP contribution in [0.25, 0.3) is 0 Å². The topological polar surface area (TPSA) is 45.9 Å². The van der Waals surface area contributed by atoms with Crippen molar-refractivity contribution in [2.75, 3.05) is 7.11 Å². The molecular formula is C7H8N2OS. The zero-order valence-electron chi connectivity index (χ0n) is 6.20. The minimum absolute atomic E-state index is 0.434. The van der Waals surface area contributed by atoms with Crippen molar-refractivity contribution >= 4 is 11.3 Å². The van der Waals surface area contributed by atoms with Crippen molar-refractivity contribution in [2.45, 2.75) is 13.0 Å². The Balaban J connectivity index is 2.71. The second-order valence-electron chi connectivity index (χ2n) is 1.99. The highest BCUT2D eigenvalue weighted by molar-refractivity contribution is 7.09. The van der Waals surface area contributed by atoms with Gasteiger partial charge in [-0.3, -0.25) is 0 Å². The third kappa shape index (κ3) is 2.00. The van der Waals surface area contributed by atoms with E-state index in [4.69, 9.17) is 10.00 Å². The van der Waals surface area contributed by atoms with E-state index in [1.165, 1.54) is 11.3 Å². The second-order valence-corrected chi connectivity index (χ2v) is 2.93. The zero-order chi connectivity index (χ0) is 8.10. The van der Waals surface area contributed by atoms with Crippen molar-refractivity contribution < 1.29 is 4.74 Å². The lowest BCUT2D eigenvalue weighted by molar-refractivity contribution is 0.181. The maximum absolute atomic E-state index is 8.42. The van der Waals surface area contributed by atoms with Crippen LogP contribution in [0.1, 0.15) is 10.6 Å². The SMILES string of the molecule is COCc1ncsc1CC#N. The molecule has 1 aromatic heterocycles. The first kappa shape index (κ1) is 8.18. The molecular weight excluding hydrogens is 160 g/mol. The fraction of sp³-hybridized carbons (Fsp3) is 0.429. The van der Waals surface area contributed by atoms with Crippen LogP contribution in [0.15, 0.2) is 5.51 Å². The molecule has 0 N–H and O–H groups in total. The van der Waals surface area contributed by atoms with Crippen LogP contribution in [0, 0.1) is 11.3 Å². The van der Waals surface area contributed by atoms with E-state index < -0.39 is 0 Å². The molecule has 3 nitrogen and oxygen atoms in total. The van der Waals surface area contributed by atoms with Gasteiger partial charge in [-0.05, 0) is 0 Å². The first-order valence-corrected chi connectivity index (χ1v) is 4.03. The molecule has 0 atom stereocenters. The molecule has 0 amide bonds. The Labute approximate surface area is 69.3 Å². The molecule has 0 bridgehead atoms. The van der Waals surface area contributed by atoms with Gasteiger partial charge in [0.25, 0.3) is 0 Å². The molecule has 0 saturated heterocycles. The third-order valence-electron chi connectivity index (χ3n) is 1.25. The maximum atomic E-state index is 8.42. The van der Waals surface area contributed by atoms with Crippen molar-refractivity contribution in [1.29, 1.82) is 5.26 Å². The van der Waals surface area contributed by atoms with Crippen LogP contribution < -0.4 is 0 Å². The molecule has 0 unspecified atom stereocenters. The van der Waals surface area contributed by atoms with Gasteiger partial charge in [-0.25, -0.2) is 4.98 Å². The first-order chi connectivity index (χ1) is 5.38. The van der Waals surface area contributed by atoms with Gasteiger partial charge in [0.15, 0.2) is 0 Å². The lowest BCUT2D eigenvalue weighted by atomic mass is 10.3. The summed E-state index contributed by atoms with van der Waals surface area (Å²) in [5, 5.41) is 8.42.